The molecule has 0 bridgehead atoms. The maximum absolute atomic E-state index is 12.9. The van der Waals surface area contributed by atoms with Crippen molar-refractivity contribution in [1.29, 1.82) is 0 Å². The van der Waals surface area contributed by atoms with Crippen LogP contribution in [-0.2, 0) is 16.1 Å². The molecule has 0 saturated carbocycles. The number of hydrogen-bond donors (Lipinski definition) is 1. The van der Waals surface area contributed by atoms with E-state index in [1.807, 2.05) is 59.5 Å². The zero-order chi connectivity index (χ0) is 18.4. The molecule has 0 radical (unpaired) electrons. The summed E-state index contributed by atoms with van der Waals surface area (Å²) >= 11 is 0. The summed E-state index contributed by atoms with van der Waals surface area (Å²) in [4.78, 5) is 14.9. The van der Waals surface area contributed by atoms with E-state index in [9.17, 15) is 4.79 Å². The maximum atomic E-state index is 12.9. The molecule has 5 heteroatoms. The molecule has 2 aromatic rings. The van der Waals surface area contributed by atoms with Crippen LogP contribution in [0.5, 0.6) is 5.75 Å². The third kappa shape index (κ3) is 4.35. The lowest BCUT2D eigenvalue weighted by Gasteiger charge is -2.25. The molecule has 1 saturated heterocycles. The Kier molecular flexibility index (Phi) is 6.12. The molecule has 0 unspecified atom stereocenters. The maximum Gasteiger partial charge on any atom is 0.228 e. The summed E-state index contributed by atoms with van der Waals surface area (Å²) in [5.74, 6) is 0.936. The number of likely N-dealkylation sites (tertiary alicyclic amines) is 1. The van der Waals surface area contributed by atoms with Gasteiger partial charge in [0.2, 0.25) is 5.91 Å². The fraction of sp³-hybridized carbons (Fsp3) is 0.381. The third-order valence-electron chi connectivity index (χ3n) is 4.83. The normalized spacial score (nSPS) is 18.0. The number of methoxy groups -OCH3 is 2. The number of amides is 1. The molecule has 5 nitrogen and oxygen atoms in total. The molecule has 0 aliphatic carbocycles. The summed E-state index contributed by atoms with van der Waals surface area (Å²) in [5, 5.41) is 3.46. The number of carbonyl (C=O) groups is 1. The lowest BCUT2D eigenvalue weighted by Crippen LogP contribution is -2.39. The highest BCUT2D eigenvalue weighted by atomic mass is 16.5. The first kappa shape index (κ1) is 18.3. The molecule has 1 amide bonds. The van der Waals surface area contributed by atoms with E-state index in [4.69, 9.17) is 9.47 Å². The molecular weight excluding hydrogens is 328 g/mol. The smallest absolute Gasteiger partial charge is 0.228 e. The van der Waals surface area contributed by atoms with Crippen LogP contribution in [0.4, 0.5) is 5.69 Å². The fourth-order valence-electron chi connectivity index (χ4n) is 3.43. The Morgan fingerprint density at radius 1 is 1.12 bits per heavy atom. The van der Waals surface area contributed by atoms with E-state index in [1.165, 1.54) is 0 Å². The van der Waals surface area contributed by atoms with E-state index in [0.29, 0.717) is 13.2 Å². The van der Waals surface area contributed by atoms with Gasteiger partial charge in [-0.15, -0.1) is 0 Å². The monoisotopic (exact) mass is 354 g/mol. The number of para-hydroxylation sites is 1. The van der Waals surface area contributed by atoms with Gasteiger partial charge in [-0.2, -0.15) is 0 Å². The van der Waals surface area contributed by atoms with Crippen molar-refractivity contribution in [3.05, 3.63) is 60.2 Å². The number of nitrogens with one attached hydrogen (secondary N) is 1. The summed E-state index contributed by atoms with van der Waals surface area (Å²) in [6, 6.07) is 17.8. The predicted octanol–water partition coefficient (Wildman–Crippen LogP) is 3.17. The number of anilines is 1. The molecule has 1 N–H and O–H groups in total. The first-order valence-electron chi connectivity index (χ1n) is 8.93. The first-order chi connectivity index (χ1) is 12.7. The van der Waals surface area contributed by atoms with Gasteiger partial charge >= 0.3 is 0 Å². The molecule has 1 aliphatic rings. The van der Waals surface area contributed by atoms with Crippen LogP contribution in [0, 0.1) is 5.92 Å². The Balaban J connectivity index is 1.65. The second kappa shape index (κ2) is 8.72. The lowest BCUT2D eigenvalue weighted by atomic mass is 9.98. The third-order valence-corrected chi connectivity index (χ3v) is 4.83. The van der Waals surface area contributed by atoms with Gasteiger partial charge in [0.15, 0.2) is 0 Å². The summed E-state index contributed by atoms with van der Waals surface area (Å²) in [6.07, 6.45) is 0.836. The highest BCUT2D eigenvalue weighted by molar-refractivity contribution is 5.82. The lowest BCUT2D eigenvalue weighted by molar-refractivity contribution is -0.132. The van der Waals surface area contributed by atoms with E-state index in [0.717, 1.165) is 30.0 Å². The minimum absolute atomic E-state index is 0.0317. The van der Waals surface area contributed by atoms with Gasteiger partial charge in [0.05, 0.1) is 25.7 Å². The van der Waals surface area contributed by atoms with Gasteiger partial charge in [-0.3, -0.25) is 4.79 Å². The molecule has 1 fully saturated rings. The molecule has 1 heterocycles. The summed E-state index contributed by atoms with van der Waals surface area (Å²) < 4.78 is 10.6. The Bertz CT molecular complexity index is 703. The number of nitrogens with zero attached hydrogens (tertiary/aromatic N) is 1. The van der Waals surface area contributed by atoms with E-state index < -0.39 is 0 Å². The summed E-state index contributed by atoms with van der Waals surface area (Å²) in [7, 11) is 3.33. The van der Waals surface area contributed by atoms with Crippen LogP contribution >= 0.6 is 0 Å². The van der Waals surface area contributed by atoms with Gasteiger partial charge in [-0.05, 0) is 36.2 Å². The van der Waals surface area contributed by atoms with Crippen molar-refractivity contribution in [2.45, 2.75) is 19.0 Å². The van der Waals surface area contributed by atoms with E-state index in [1.54, 1.807) is 14.2 Å². The molecule has 0 spiro atoms. The number of carbonyl (C=O) groups excluding carboxylic acids is 1. The van der Waals surface area contributed by atoms with Crippen LogP contribution in [0.3, 0.4) is 0 Å². The Morgan fingerprint density at radius 2 is 1.85 bits per heavy atom. The SMILES string of the molecule is COC[C@H](Nc1ccccc1)[C@H]1CCN(Cc2ccc(OC)cc2)C1=O. The molecule has 2 atom stereocenters. The van der Waals surface area contributed by atoms with Crippen LogP contribution in [0.2, 0.25) is 0 Å². The van der Waals surface area contributed by atoms with Crippen molar-refractivity contribution in [1.82, 2.24) is 4.90 Å². The van der Waals surface area contributed by atoms with Gasteiger partial charge < -0.3 is 19.7 Å². The number of benzene rings is 2. The van der Waals surface area contributed by atoms with Crippen LogP contribution in [-0.4, -0.2) is 44.2 Å². The predicted molar refractivity (Wildman–Crippen MR) is 102 cm³/mol. The molecule has 2 aromatic carbocycles. The largest absolute Gasteiger partial charge is 0.497 e. The molecular formula is C21H26N2O3. The second-order valence-corrected chi connectivity index (χ2v) is 6.58. The highest BCUT2D eigenvalue weighted by Crippen LogP contribution is 2.26. The van der Waals surface area contributed by atoms with Crippen molar-refractivity contribution < 1.29 is 14.3 Å². The molecule has 26 heavy (non-hydrogen) atoms. The number of rotatable bonds is 8. The Hall–Kier alpha value is -2.53. The Labute approximate surface area is 154 Å². The highest BCUT2D eigenvalue weighted by Gasteiger charge is 2.37. The quantitative estimate of drug-likeness (QED) is 0.791. The average Bonchev–Trinajstić information content (AvgIpc) is 3.03. The standard InChI is InChI=1S/C21H26N2O3/c1-25-15-20(22-17-6-4-3-5-7-17)19-12-13-23(21(19)24)14-16-8-10-18(26-2)11-9-16/h3-11,19-20,22H,12-15H2,1-2H3/t19-,20+/m1/s1. The molecule has 3 rings (SSSR count). The zero-order valence-corrected chi connectivity index (χ0v) is 15.4. The zero-order valence-electron chi connectivity index (χ0n) is 15.4. The fourth-order valence-corrected chi connectivity index (χ4v) is 3.43. The topological polar surface area (TPSA) is 50.8 Å². The summed E-state index contributed by atoms with van der Waals surface area (Å²) in [6.45, 7) is 1.90. The van der Waals surface area contributed by atoms with Crippen LogP contribution < -0.4 is 10.1 Å². The Morgan fingerprint density at radius 3 is 2.50 bits per heavy atom. The van der Waals surface area contributed by atoms with Crippen LogP contribution in [0.1, 0.15) is 12.0 Å². The van der Waals surface area contributed by atoms with Gasteiger partial charge in [0.25, 0.3) is 0 Å². The van der Waals surface area contributed by atoms with E-state index >= 15 is 0 Å². The minimum Gasteiger partial charge on any atom is -0.497 e. The number of hydrogen-bond acceptors (Lipinski definition) is 4. The van der Waals surface area contributed by atoms with Crippen LogP contribution in [0.25, 0.3) is 0 Å². The summed E-state index contributed by atoms with van der Waals surface area (Å²) in [5.41, 5.74) is 2.12. The molecule has 1 aliphatic heterocycles. The number of ether oxygens (including phenoxy) is 2. The van der Waals surface area contributed by atoms with Crippen molar-refractivity contribution in [3.8, 4) is 5.75 Å². The average molecular weight is 354 g/mol. The minimum atomic E-state index is -0.0756. The van der Waals surface area contributed by atoms with Crippen molar-refractivity contribution in [3.63, 3.8) is 0 Å². The van der Waals surface area contributed by atoms with Gasteiger partial charge in [0, 0.05) is 25.9 Å². The molecule has 138 valence electrons. The van der Waals surface area contributed by atoms with Gasteiger partial charge in [-0.25, -0.2) is 0 Å². The van der Waals surface area contributed by atoms with E-state index in [-0.39, 0.29) is 17.9 Å². The van der Waals surface area contributed by atoms with Crippen molar-refractivity contribution in [2.75, 3.05) is 32.7 Å². The van der Waals surface area contributed by atoms with Crippen LogP contribution in [0.15, 0.2) is 54.6 Å². The van der Waals surface area contributed by atoms with E-state index in [2.05, 4.69) is 5.32 Å². The first-order valence-corrected chi connectivity index (χ1v) is 8.93. The van der Waals surface area contributed by atoms with Gasteiger partial charge in [0.1, 0.15) is 5.75 Å². The molecule has 0 aromatic heterocycles. The second-order valence-electron chi connectivity index (χ2n) is 6.58. The van der Waals surface area contributed by atoms with Crippen molar-refractivity contribution >= 4 is 11.6 Å². The van der Waals surface area contributed by atoms with Gasteiger partial charge in [-0.1, -0.05) is 30.3 Å². The van der Waals surface area contributed by atoms with Crippen molar-refractivity contribution in [2.24, 2.45) is 5.92 Å².